The molecule has 0 aliphatic rings. The van der Waals surface area contributed by atoms with E-state index >= 15 is 0 Å². The molecule has 0 aliphatic heterocycles. The Morgan fingerprint density at radius 2 is 1.59 bits per heavy atom. The van der Waals surface area contributed by atoms with Crippen molar-refractivity contribution >= 4 is 43.5 Å². The van der Waals surface area contributed by atoms with Gasteiger partial charge < -0.3 is 15.2 Å². The summed E-state index contributed by atoms with van der Waals surface area (Å²) < 4.78 is 28.6. The van der Waals surface area contributed by atoms with Gasteiger partial charge >= 0.3 is 5.97 Å². The van der Waals surface area contributed by atoms with Crippen molar-refractivity contribution in [2.75, 3.05) is 4.72 Å². The van der Waals surface area contributed by atoms with Crippen LogP contribution in [0, 0.1) is 13.8 Å². The van der Waals surface area contributed by atoms with Gasteiger partial charge in [0.05, 0.1) is 21.4 Å². The first kappa shape index (κ1) is 26.1. The molecule has 204 valence electrons. The van der Waals surface area contributed by atoms with Crippen LogP contribution in [0.25, 0.3) is 44.3 Å². The third-order valence-electron chi connectivity index (χ3n) is 7.17. The number of phenols is 1. The number of aryl methyl sites for hydroxylation is 2. The lowest BCUT2D eigenvalue weighted by molar-refractivity contribution is 0.0697. The minimum absolute atomic E-state index is 0.0530. The summed E-state index contributed by atoms with van der Waals surface area (Å²) in [5, 5.41) is 21.1. The van der Waals surface area contributed by atoms with Crippen LogP contribution >= 0.6 is 0 Å². The van der Waals surface area contributed by atoms with Crippen LogP contribution in [0.1, 0.15) is 21.5 Å². The Kier molecular flexibility index (Phi) is 6.23. The maximum absolute atomic E-state index is 13.1. The van der Waals surface area contributed by atoms with Gasteiger partial charge in [-0.05, 0) is 77.9 Å². The van der Waals surface area contributed by atoms with Crippen LogP contribution < -0.4 is 4.72 Å². The minimum atomic E-state index is -4.13. The Labute approximate surface area is 236 Å². The SMILES string of the molecule is Cc1ccc(-c2cccc(-c3nc4c(ccc5cc(S(=O)(=O)Nc6cccc(C(=O)O)c6)cc(O)c54)[nH]3)c2)cc1C. The average Bonchev–Trinajstić information content (AvgIpc) is 3.39. The number of aromatic hydroxyl groups is 1. The van der Waals surface area contributed by atoms with E-state index in [9.17, 15) is 23.4 Å². The molecule has 8 nitrogen and oxygen atoms in total. The molecule has 0 bridgehead atoms. The lowest BCUT2D eigenvalue weighted by Crippen LogP contribution is -2.13. The quantitative estimate of drug-likeness (QED) is 0.175. The molecule has 0 saturated carbocycles. The molecule has 4 N–H and O–H groups in total. The molecule has 6 aromatic rings. The van der Waals surface area contributed by atoms with Crippen molar-refractivity contribution in [3.63, 3.8) is 0 Å². The van der Waals surface area contributed by atoms with Gasteiger partial charge in [-0.1, -0.05) is 48.5 Å². The summed E-state index contributed by atoms with van der Waals surface area (Å²) in [5.41, 5.74) is 6.72. The molecule has 5 aromatic carbocycles. The lowest BCUT2D eigenvalue weighted by atomic mass is 9.99. The number of hydrogen-bond donors (Lipinski definition) is 4. The Morgan fingerprint density at radius 3 is 2.37 bits per heavy atom. The zero-order chi connectivity index (χ0) is 28.9. The maximum atomic E-state index is 13.1. The summed E-state index contributed by atoms with van der Waals surface area (Å²) in [6.07, 6.45) is 0. The van der Waals surface area contributed by atoms with Gasteiger partial charge in [0.1, 0.15) is 17.1 Å². The normalized spacial score (nSPS) is 11.7. The second kappa shape index (κ2) is 9.79. The molecule has 0 spiro atoms. The first-order valence-electron chi connectivity index (χ1n) is 12.8. The van der Waals surface area contributed by atoms with E-state index < -0.39 is 16.0 Å². The van der Waals surface area contributed by atoms with Gasteiger partial charge in [0.15, 0.2) is 0 Å². The highest BCUT2D eigenvalue weighted by atomic mass is 32.2. The molecule has 0 aliphatic carbocycles. The van der Waals surface area contributed by atoms with E-state index in [1.54, 1.807) is 12.1 Å². The van der Waals surface area contributed by atoms with E-state index in [1.165, 1.54) is 47.5 Å². The van der Waals surface area contributed by atoms with Crippen LogP contribution in [0.15, 0.2) is 95.9 Å². The van der Waals surface area contributed by atoms with E-state index in [2.05, 4.69) is 47.8 Å². The molecule has 1 heterocycles. The number of sulfonamides is 1. The number of aromatic nitrogens is 2. The molecule has 0 saturated heterocycles. The molecule has 9 heteroatoms. The molecule has 0 radical (unpaired) electrons. The molecular formula is C32H25N3O5S. The first-order chi connectivity index (χ1) is 19.6. The molecule has 1 aromatic heterocycles. The topological polar surface area (TPSA) is 132 Å². The van der Waals surface area contributed by atoms with Gasteiger partial charge in [-0.3, -0.25) is 4.72 Å². The predicted molar refractivity (Wildman–Crippen MR) is 160 cm³/mol. The molecule has 0 atom stereocenters. The van der Waals surface area contributed by atoms with Gasteiger partial charge in [0.2, 0.25) is 0 Å². The number of nitrogens with one attached hydrogen (secondary N) is 2. The van der Waals surface area contributed by atoms with Crippen molar-refractivity contribution in [2.45, 2.75) is 18.7 Å². The van der Waals surface area contributed by atoms with Crippen LogP contribution in [0.5, 0.6) is 5.75 Å². The van der Waals surface area contributed by atoms with E-state index in [1.807, 2.05) is 18.2 Å². The molecule has 6 rings (SSSR count). The number of imidazole rings is 1. The number of anilines is 1. The fraction of sp³-hybridized carbons (Fsp3) is 0.0625. The summed E-state index contributed by atoms with van der Waals surface area (Å²) in [7, 11) is -4.13. The van der Waals surface area contributed by atoms with E-state index in [0.717, 1.165) is 16.7 Å². The van der Waals surface area contributed by atoms with Gasteiger partial charge in [-0.15, -0.1) is 0 Å². The summed E-state index contributed by atoms with van der Waals surface area (Å²) in [6.45, 7) is 4.17. The first-order valence-corrected chi connectivity index (χ1v) is 14.3. The van der Waals surface area contributed by atoms with Crippen LogP contribution in [0.3, 0.4) is 0 Å². The van der Waals surface area contributed by atoms with E-state index in [-0.39, 0.29) is 21.9 Å². The highest BCUT2D eigenvalue weighted by Gasteiger charge is 2.20. The number of nitrogens with zero attached hydrogens (tertiary/aromatic N) is 1. The van der Waals surface area contributed by atoms with Crippen LogP contribution in [0.4, 0.5) is 5.69 Å². The Bertz CT molecular complexity index is 2120. The van der Waals surface area contributed by atoms with Crippen LogP contribution in [-0.4, -0.2) is 34.6 Å². The van der Waals surface area contributed by atoms with Crippen molar-refractivity contribution in [1.29, 1.82) is 0 Å². The summed E-state index contributed by atoms with van der Waals surface area (Å²) in [6, 6.07) is 26.0. The number of hydrogen-bond acceptors (Lipinski definition) is 5. The third kappa shape index (κ3) is 4.87. The number of aromatic carboxylic acids is 1. The molecule has 0 fully saturated rings. The van der Waals surface area contributed by atoms with Crippen LogP contribution in [0.2, 0.25) is 0 Å². The summed E-state index contributed by atoms with van der Waals surface area (Å²) in [4.78, 5) is 19.2. The Balaban J connectivity index is 1.38. The van der Waals surface area contributed by atoms with Crippen molar-refractivity contribution in [3.05, 3.63) is 108 Å². The van der Waals surface area contributed by atoms with Gasteiger partial charge in [0.25, 0.3) is 10.0 Å². The number of rotatable bonds is 6. The number of carbonyl (C=O) groups is 1. The molecular weight excluding hydrogens is 538 g/mol. The third-order valence-corrected chi connectivity index (χ3v) is 8.53. The lowest BCUT2D eigenvalue weighted by Gasteiger charge is -2.11. The van der Waals surface area contributed by atoms with E-state index in [4.69, 9.17) is 4.98 Å². The number of benzene rings is 5. The average molecular weight is 564 g/mol. The zero-order valence-corrected chi connectivity index (χ0v) is 23.0. The number of carboxylic acids is 1. The Hall–Kier alpha value is -5.15. The molecule has 0 unspecified atom stereocenters. The predicted octanol–water partition coefficient (Wildman–Crippen LogP) is 6.87. The number of aromatic amines is 1. The highest BCUT2D eigenvalue weighted by Crippen LogP contribution is 2.36. The zero-order valence-electron chi connectivity index (χ0n) is 22.1. The largest absolute Gasteiger partial charge is 0.507 e. The van der Waals surface area contributed by atoms with Crippen molar-refractivity contribution < 1.29 is 23.4 Å². The fourth-order valence-electron chi connectivity index (χ4n) is 4.87. The van der Waals surface area contributed by atoms with Crippen molar-refractivity contribution in [3.8, 4) is 28.3 Å². The number of phenolic OH excluding ortho intramolecular Hbond substituents is 1. The minimum Gasteiger partial charge on any atom is -0.507 e. The van der Waals surface area contributed by atoms with Crippen LogP contribution in [-0.2, 0) is 10.0 Å². The highest BCUT2D eigenvalue weighted by molar-refractivity contribution is 7.92. The number of carboxylic acid groups (broad SMARTS) is 1. The second-order valence-corrected chi connectivity index (χ2v) is 11.6. The molecule has 0 amide bonds. The second-order valence-electron chi connectivity index (χ2n) is 9.96. The van der Waals surface area contributed by atoms with Gasteiger partial charge in [-0.25, -0.2) is 18.2 Å². The molecule has 41 heavy (non-hydrogen) atoms. The fourth-order valence-corrected chi connectivity index (χ4v) is 5.98. The maximum Gasteiger partial charge on any atom is 0.335 e. The summed E-state index contributed by atoms with van der Waals surface area (Å²) in [5.74, 6) is -0.794. The smallest absolute Gasteiger partial charge is 0.335 e. The monoisotopic (exact) mass is 563 g/mol. The summed E-state index contributed by atoms with van der Waals surface area (Å²) >= 11 is 0. The van der Waals surface area contributed by atoms with Crippen molar-refractivity contribution in [1.82, 2.24) is 9.97 Å². The standard InChI is InChI=1S/C32H25N3O5S/c1-18-9-10-21(13-19(18)2)20-5-3-6-23(14-20)31-33-27-12-11-22-16-26(17-28(36)29(22)30(27)34-31)41(39,40)35-25-8-4-7-24(15-25)32(37)38/h3-17,35-36H,1-2H3,(H,33,34)(H,37,38). The van der Waals surface area contributed by atoms with Gasteiger partial charge in [-0.2, -0.15) is 0 Å². The number of fused-ring (bicyclic) bond motifs is 3. The van der Waals surface area contributed by atoms with Gasteiger partial charge in [0, 0.05) is 17.3 Å². The number of H-pyrrole nitrogens is 1. The Morgan fingerprint density at radius 1 is 0.829 bits per heavy atom. The van der Waals surface area contributed by atoms with E-state index in [0.29, 0.717) is 27.6 Å². The van der Waals surface area contributed by atoms with Crippen molar-refractivity contribution in [2.24, 2.45) is 0 Å².